The molecule has 1 atom stereocenters. The molecule has 4 rings (SSSR count). The second-order valence-electron chi connectivity index (χ2n) is 7.76. The van der Waals surface area contributed by atoms with Crippen LogP contribution in [0.2, 0.25) is 0 Å². The highest BCUT2D eigenvalue weighted by Crippen LogP contribution is 2.38. The highest BCUT2D eigenvalue weighted by atomic mass is 32.2. The van der Waals surface area contributed by atoms with Crippen LogP contribution in [0.4, 0.5) is 10.5 Å². The summed E-state index contributed by atoms with van der Waals surface area (Å²) >= 11 is 0. The van der Waals surface area contributed by atoms with Crippen molar-refractivity contribution in [2.75, 3.05) is 18.5 Å². The van der Waals surface area contributed by atoms with E-state index in [0.717, 1.165) is 11.1 Å². The summed E-state index contributed by atoms with van der Waals surface area (Å²) in [4.78, 5) is 24.1. The molecule has 0 radical (unpaired) electrons. The molecule has 0 bridgehead atoms. The largest absolute Gasteiger partial charge is 0.486 e. The quantitative estimate of drug-likeness (QED) is 0.365. The molecule has 0 unspecified atom stereocenters. The van der Waals surface area contributed by atoms with E-state index >= 15 is 0 Å². The summed E-state index contributed by atoms with van der Waals surface area (Å²) in [5, 5.41) is 2.52. The van der Waals surface area contributed by atoms with E-state index in [1.807, 2.05) is 37.3 Å². The van der Waals surface area contributed by atoms with Crippen LogP contribution >= 0.6 is 0 Å². The lowest BCUT2D eigenvalue weighted by molar-refractivity contribution is 0.0545. The lowest BCUT2D eigenvalue weighted by Crippen LogP contribution is -2.35. The van der Waals surface area contributed by atoms with E-state index in [1.54, 1.807) is 12.1 Å². The first kappa shape index (κ1) is 24.2. The molecule has 1 N–H and O–H groups in total. The summed E-state index contributed by atoms with van der Waals surface area (Å²) in [5.41, 5.74) is 1.92. The van der Waals surface area contributed by atoms with Gasteiger partial charge in [-0.3, -0.25) is 14.3 Å². The third kappa shape index (κ3) is 5.97. The van der Waals surface area contributed by atoms with Crippen molar-refractivity contribution < 1.29 is 36.4 Å². The minimum Gasteiger partial charge on any atom is -0.486 e. The fourth-order valence-electron chi connectivity index (χ4n) is 3.31. The SMILES string of the molecule is Cc1ccc(S(=O)(=O)OC[C@H]2COc3ccc(NC(=O)OCc4ccccc4)c(C=O)c3O2)cc1. The number of aryl methyl sites for hydroxylation is 1. The Balaban J connectivity index is 1.42. The van der Waals surface area contributed by atoms with Gasteiger partial charge in [0.15, 0.2) is 23.9 Å². The van der Waals surface area contributed by atoms with Crippen LogP contribution in [0.25, 0.3) is 0 Å². The number of anilines is 1. The van der Waals surface area contributed by atoms with Gasteiger partial charge >= 0.3 is 6.09 Å². The zero-order valence-corrected chi connectivity index (χ0v) is 19.6. The molecular formula is C25H23NO8S. The Hall–Kier alpha value is -3.89. The molecule has 0 saturated carbocycles. The van der Waals surface area contributed by atoms with Crippen LogP contribution in [0.15, 0.2) is 71.6 Å². The van der Waals surface area contributed by atoms with Crippen LogP contribution in [0.5, 0.6) is 11.5 Å². The van der Waals surface area contributed by atoms with Crippen molar-refractivity contribution in [3.8, 4) is 11.5 Å². The second kappa shape index (κ2) is 10.6. The van der Waals surface area contributed by atoms with Crippen molar-refractivity contribution in [3.05, 3.63) is 83.4 Å². The van der Waals surface area contributed by atoms with E-state index in [1.165, 1.54) is 24.3 Å². The number of hydrogen-bond acceptors (Lipinski definition) is 8. The number of fused-ring (bicyclic) bond motifs is 1. The van der Waals surface area contributed by atoms with Crippen LogP contribution in [0.1, 0.15) is 21.5 Å². The van der Waals surface area contributed by atoms with Gasteiger partial charge in [0, 0.05) is 0 Å². The molecule has 0 aliphatic carbocycles. The Labute approximate surface area is 202 Å². The summed E-state index contributed by atoms with van der Waals surface area (Å²) in [6, 6.07) is 18.4. The molecule has 1 heterocycles. The van der Waals surface area contributed by atoms with E-state index in [2.05, 4.69) is 5.32 Å². The molecule has 3 aromatic rings. The number of nitrogens with one attached hydrogen (secondary N) is 1. The first-order valence-electron chi connectivity index (χ1n) is 10.7. The molecule has 9 nitrogen and oxygen atoms in total. The van der Waals surface area contributed by atoms with Crippen molar-refractivity contribution in [3.63, 3.8) is 0 Å². The topological polar surface area (TPSA) is 117 Å². The Morgan fingerprint density at radius 1 is 1.09 bits per heavy atom. The van der Waals surface area contributed by atoms with Crippen molar-refractivity contribution >= 4 is 28.2 Å². The van der Waals surface area contributed by atoms with Gasteiger partial charge in [-0.1, -0.05) is 48.0 Å². The number of amides is 1. The Morgan fingerprint density at radius 2 is 1.83 bits per heavy atom. The van der Waals surface area contributed by atoms with Crippen LogP contribution in [0.3, 0.4) is 0 Å². The smallest absolute Gasteiger partial charge is 0.411 e. The van der Waals surface area contributed by atoms with E-state index in [0.29, 0.717) is 6.29 Å². The highest BCUT2D eigenvalue weighted by Gasteiger charge is 2.28. The van der Waals surface area contributed by atoms with Crippen molar-refractivity contribution in [1.82, 2.24) is 0 Å². The zero-order valence-electron chi connectivity index (χ0n) is 18.8. The predicted octanol–water partition coefficient (Wildman–Crippen LogP) is 4.10. The zero-order chi connectivity index (χ0) is 24.8. The molecule has 0 aromatic heterocycles. The average molecular weight is 498 g/mol. The molecule has 1 amide bonds. The number of hydrogen-bond donors (Lipinski definition) is 1. The first-order chi connectivity index (χ1) is 16.9. The number of aldehydes is 1. The molecule has 1 aliphatic heterocycles. The Bertz CT molecular complexity index is 1310. The van der Waals surface area contributed by atoms with Crippen molar-refractivity contribution in [2.24, 2.45) is 0 Å². The molecule has 0 saturated heterocycles. The number of rotatable bonds is 8. The fourth-order valence-corrected chi connectivity index (χ4v) is 4.25. The summed E-state index contributed by atoms with van der Waals surface area (Å²) in [6.45, 7) is 1.59. The second-order valence-corrected chi connectivity index (χ2v) is 9.38. The van der Waals surface area contributed by atoms with Gasteiger partial charge in [-0.05, 0) is 36.8 Å². The number of ether oxygens (including phenoxy) is 3. The number of carbonyl (C=O) groups excluding carboxylic acids is 2. The van der Waals surface area contributed by atoms with Gasteiger partial charge in [-0.2, -0.15) is 8.42 Å². The molecular weight excluding hydrogens is 474 g/mol. The van der Waals surface area contributed by atoms with Gasteiger partial charge in [-0.25, -0.2) is 4.79 Å². The maximum absolute atomic E-state index is 12.5. The summed E-state index contributed by atoms with van der Waals surface area (Å²) < 4.78 is 46.7. The molecule has 0 fully saturated rings. The highest BCUT2D eigenvalue weighted by molar-refractivity contribution is 7.86. The predicted molar refractivity (Wildman–Crippen MR) is 126 cm³/mol. The minimum absolute atomic E-state index is 0.0145. The molecule has 0 spiro atoms. The normalized spacial score (nSPS) is 14.7. The van der Waals surface area contributed by atoms with Crippen molar-refractivity contribution in [1.29, 1.82) is 0 Å². The summed E-state index contributed by atoms with van der Waals surface area (Å²) in [5.74, 6) is 0.362. The van der Waals surface area contributed by atoms with Crippen molar-refractivity contribution in [2.45, 2.75) is 24.5 Å². The molecule has 1 aliphatic rings. The fraction of sp³-hybridized carbons (Fsp3) is 0.200. The minimum atomic E-state index is -4.00. The molecule has 10 heteroatoms. The van der Waals surface area contributed by atoms with Gasteiger partial charge in [0.25, 0.3) is 10.1 Å². The van der Waals surface area contributed by atoms with Gasteiger partial charge in [0.1, 0.15) is 19.8 Å². The number of carbonyl (C=O) groups is 2. The van der Waals surface area contributed by atoms with E-state index in [-0.39, 0.29) is 47.5 Å². The Morgan fingerprint density at radius 3 is 2.54 bits per heavy atom. The first-order valence-corrected chi connectivity index (χ1v) is 12.1. The van der Waals surface area contributed by atoms with Crippen LogP contribution in [-0.2, 0) is 25.6 Å². The molecule has 182 valence electrons. The van der Waals surface area contributed by atoms with E-state index < -0.39 is 22.3 Å². The van der Waals surface area contributed by atoms with Gasteiger partial charge < -0.3 is 14.2 Å². The maximum atomic E-state index is 12.5. The summed E-state index contributed by atoms with van der Waals surface area (Å²) in [6.07, 6.45) is -1.04. The van der Waals surface area contributed by atoms with Crippen LogP contribution in [-0.4, -0.2) is 40.1 Å². The van der Waals surface area contributed by atoms with E-state index in [9.17, 15) is 18.0 Å². The monoisotopic (exact) mass is 497 g/mol. The Kier molecular flexibility index (Phi) is 7.33. The average Bonchev–Trinajstić information content (AvgIpc) is 2.87. The summed E-state index contributed by atoms with van der Waals surface area (Å²) in [7, 11) is -4.00. The van der Waals surface area contributed by atoms with Crippen LogP contribution in [0, 0.1) is 6.92 Å². The third-order valence-electron chi connectivity index (χ3n) is 5.16. The third-order valence-corrected chi connectivity index (χ3v) is 6.45. The van der Waals surface area contributed by atoms with Crippen LogP contribution < -0.4 is 14.8 Å². The van der Waals surface area contributed by atoms with Gasteiger partial charge in [0.05, 0.1) is 16.1 Å². The maximum Gasteiger partial charge on any atom is 0.411 e. The lowest BCUT2D eigenvalue weighted by Gasteiger charge is -2.27. The standard InChI is InChI=1S/C25H23NO8S/c1-17-7-9-20(10-8-17)35(29,30)33-16-19-15-31-23-12-11-22(21(13-27)24(23)34-19)26-25(28)32-14-18-5-3-2-4-6-18/h2-13,19H,14-16H2,1H3,(H,26,28)/t19-/m1/s1. The molecule has 3 aromatic carbocycles. The van der Waals surface area contributed by atoms with Gasteiger partial charge in [-0.15, -0.1) is 0 Å². The lowest BCUT2D eigenvalue weighted by atomic mass is 10.1. The molecule has 35 heavy (non-hydrogen) atoms. The van der Waals surface area contributed by atoms with Gasteiger partial charge in [0.2, 0.25) is 0 Å². The van der Waals surface area contributed by atoms with E-state index in [4.69, 9.17) is 18.4 Å². The number of benzene rings is 3.